The highest BCUT2D eigenvalue weighted by Gasteiger charge is 2.27. The van der Waals surface area contributed by atoms with Crippen molar-refractivity contribution in [2.45, 2.75) is 11.1 Å². The summed E-state index contributed by atoms with van der Waals surface area (Å²) in [7, 11) is 1.32. The number of carbonyl (C=O) groups excluding carboxylic acids is 1. The maximum absolute atomic E-state index is 12.2. The van der Waals surface area contributed by atoms with Crippen molar-refractivity contribution in [1.82, 2.24) is 9.78 Å². The second-order valence-electron chi connectivity index (χ2n) is 4.65. The van der Waals surface area contributed by atoms with Gasteiger partial charge >= 0.3 is 12.0 Å². The summed E-state index contributed by atoms with van der Waals surface area (Å²) >= 11 is 0.576. The Hall–Kier alpha value is -2.56. The number of rotatable bonds is 5. The van der Waals surface area contributed by atoms with Gasteiger partial charge < -0.3 is 15.4 Å². The Morgan fingerprint density at radius 1 is 1.46 bits per heavy atom. The zero-order valence-corrected chi connectivity index (χ0v) is 13.0. The second-order valence-corrected chi connectivity index (χ2v) is 5.70. The summed E-state index contributed by atoms with van der Waals surface area (Å²) in [5.41, 5.74) is -0.0128. The van der Waals surface area contributed by atoms with E-state index in [1.807, 2.05) is 0 Å². The minimum atomic E-state index is -4.31. The molecule has 1 aromatic heterocycles. The van der Waals surface area contributed by atoms with Gasteiger partial charge in [0.25, 0.3) is 5.91 Å². The Morgan fingerprint density at radius 3 is 2.79 bits per heavy atom. The molecule has 0 unspecified atom stereocenters. The first-order valence-electron chi connectivity index (χ1n) is 6.45. The van der Waals surface area contributed by atoms with Crippen molar-refractivity contribution in [3.63, 3.8) is 0 Å². The molecule has 24 heavy (non-hydrogen) atoms. The number of hydrogen-bond donors (Lipinski definition) is 1. The third-order valence-corrected chi connectivity index (χ3v) is 3.88. The van der Waals surface area contributed by atoms with Crippen molar-refractivity contribution in [3.8, 4) is 0 Å². The molecule has 0 spiro atoms. The van der Waals surface area contributed by atoms with Crippen LogP contribution in [0, 0.1) is 10.1 Å². The lowest BCUT2D eigenvalue weighted by molar-refractivity contribution is -0.392. The van der Waals surface area contributed by atoms with E-state index in [1.165, 1.54) is 31.3 Å². The minimum absolute atomic E-state index is 0.227. The number of aromatic nitrogens is 2. The number of thioether (sulfide) groups is 1. The van der Waals surface area contributed by atoms with Crippen LogP contribution in [0.2, 0.25) is 0 Å². The fraction of sp³-hybridized carbons (Fsp3) is 0.231. The molecule has 0 fully saturated rings. The molecule has 0 aliphatic carbocycles. The van der Waals surface area contributed by atoms with Crippen molar-refractivity contribution >= 4 is 29.2 Å². The Bertz CT molecular complexity index is 776. The maximum Gasteiger partial charge on any atom is 0.398 e. The normalized spacial score (nSPS) is 11.3. The second kappa shape index (κ2) is 6.91. The predicted molar refractivity (Wildman–Crippen MR) is 81.0 cm³/mol. The van der Waals surface area contributed by atoms with Crippen molar-refractivity contribution in [3.05, 3.63) is 46.1 Å². The first-order chi connectivity index (χ1) is 11.2. The number of nitrogens with zero attached hydrogens (tertiary/aromatic N) is 3. The van der Waals surface area contributed by atoms with Crippen molar-refractivity contribution in [2.75, 3.05) is 11.1 Å². The number of aryl methyl sites for hydroxylation is 1. The Morgan fingerprint density at radius 2 is 2.17 bits per heavy atom. The first kappa shape index (κ1) is 17.8. The van der Waals surface area contributed by atoms with Gasteiger partial charge in [-0.3, -0.25) is 4.79 Å². The third kappa shape index (κ3) is 4.47. The van der Waals surface area contributed by atoms with Gasteiger partial charge in [0.15, 0.2) is 5.56 Å². The number of carbonyl (C=O) groups is 1. The molecule has 1 aromatic carbocycles. The molecule has 0 radical (unpaired) electrons. The van der Waals surface area contributed by atoms with E-state index in [0.717, 1.165) is 10.9 Å². The van der Waals surface area contributed by atoms with Crippen molar-refractivity contribution in [1.29, 1.82) is 0 Å². The zero-order valence-electron chi connectivity index (χ0n) is 12.2. The van der Waals surface area contributed by atoms with Gasteiger partial charge in [-0.15, -0.1) is 16.4 Å². The van der Waals surface area contributed by atoms with E-state index in [4.69, 9.17) is 0 Å². The lowest BCUT2D eigenvalue weighted by Crippen LogP contribution is -2.14. The number of nitro groups is 1. The van der Waals surface area contributed by atoms with E-state index in [9.17, 15) is 28.1 Å². The molecule has 1 amide bonds. The molecule has 2 aromatic rings. The van der Waals surface area contributed by atoms with E-state index < -0.39 is 28.6 Å². The minimum Gasteiger partial charge on any atom is -0.358 e. The molecule has 11 heteroatoms. The number of nitrogens with one attached hydrogen (secondary N) is 1. The average Bonchev–Trinajstić information content (AvgIpc) is 2.87. The van der Waals surface area contributed by atoms with Gasteiger partial charge in [-0.1, -0.05) is 11.2 Å². The molecule has 0 aliphatic rings. The van der Waals surface area contributed by atoms with Gasteiger partial charge in [0.05, 0.1) is 11.9 Å². The summed E-state index contributed by atoms with van der Waals surface area (Å²) in [4.78, 5) is 22.6. The SMILES string of the molecule is Cn1ncc(C(=O)Nc2cccc(SCC(F)(F)F)c2)c1[N+](=O)[O-]. The molecule has 0 atom stereocenters. The molecular weight excluding hydrogens is 349 g/mol. The monoisotopic (exact) mass is 360 g/mol. The van der Waals surface area contributed by atoms with Crippen molar-refractivity contribution < 1.29 is 22.9 Å². The van der Waals surface area contributed by atoms with Crippen LogP contribution in [0.3, 0.4) is 0 Å². The summed E-state index contributed by atoms with van der Waals surface area (Å²) in [5, 5.41) is 17.0. The highest BCUT2D eigenvalue weighted by atomic mass is 32.2. The van der Waals surface area contributed by atoms with E-state index in [-0.39, 0.29) is 11.3 Å². The van der Waals surface area contributed by atoms with Crippen LogP contribution in [0.15, 0.2) is 35.4 Å². The molecular formula is C13H11F3N4O3S. The standard InChI is InChI=1S/C13H11F3N4O3S/c1-19-12(20(22)23)10(6-17-19)11(21)18-8-3-2-4-9(5-8)24-7-13(14,15)16/h2-6H,7H2,1H3,(H,18,21). The molecule has 0 aliphatic heterocycles. The average molecular weight is 360 g/mol. The number of benzene rings is 1. The molecule has 128 valence electrons. The molecule has 2 rings (SSSR count). The topological polar surface area (TPSA) is 90.1 Å². The van der Waals surface area contributed by atoms with Gasteiger partial charge in [0.2, 0.25) is 0 Å². The van der Waals surface area contributed by atoms with E-state index in [2.05, 4.69) is 10.4 Å². The van der Waals surface area contributed by atoms with Gasteiger partial charge in [-0.2, -0.15) is 13.2 Å². The largest absolute Gasteiger partial charge is 0.398 e. The number of hydrogen-bond acceptors (Lipinski definition) is 5. The van der Waals surface area contributed by atoms with Crippen LogP contribution >= 0.6 is 11.8 Å². The number of halogens is 3. The highest BCUT2D eigenvalue weighted by Crippen LogP contribution is 2.29. The van der Waals surface area contributed by atoms with Gasteiger partial charge in [0, 0.05) is 10.6 Å². The fourth-order valence-corrected chi connectivity index (χ4v) is 2.55. The van der Waals surface area contributed by atoms with E-state index in [1.54, 1.807) is 0 Å². The summed E-state index contributed by atoms with van der Waals surface area (Å²) in [5.74, 6) is -2.30. The van der Waals surface area contributed by atoms with Crippen LogP contribution < -0.4 is 5.32 Å². The number of anilines is 1. The van der Waals surface area contributed by atoms with Crippen LogP contribution in [0.4, 0.5) is 24.7 Å². The van der Waals surface area contributed by atoms with Crippen LogP contribution in [0.1, 0.15) is 10.4 Å². The van der Waals surface area contributed by atoms with Gasteiger partial charge in [-0.05, 0) is 23.1 Å². The predicted octanol–water partition coefficient (Wildman–Crippen LogP) is 3.24. The molecule has 0 bridgehead atoms. The molecule has 1 heterocycles. The smallest absolute Gasteiger partial charge is 0.358 e. The number of alkyl halides is 3. The maximum atomic E-state index is 12.2. The Labute approximate surface area is 138 Å². The van der Waals surface area contributed by atoms with E-state index >= 15 is 0 Å². The summed E-state index contributed by atoms with van der Waals surface area (Å²) in [6, 6.07) is 5.78. The van der Waals surface area contributed by atoms with E-state index in [0.29, 0.717) is 16.7 Å². The van der Waals surface area contributed by atoms with Gasteiger partial charge in [0.1, 0.15) is 7.05 Å². The third-order valence-electron chi connectivity index (χ3n) is 2.82. The lowest BCUT2D eigenvalue weighted by Gasteiger charge is -2.08. The lowest BCUT2D eigenvalue weighted by atomic mass is 10.2. The molecule has 7 nitrogen and oxygen atoms in total. The Balaban J connectivity index is 2.14. The highest BCUT2D eigenvalue weighted by molar-refractivity contribution is 7.99. The Kier molecular flexibility index (Phi) is 5.12. The fourth-order valence-electron chi connectivity index (χ4n) is 1.83. The van der Waals surface area contributed by atoms with Crippen LogP contribution in [-0.2, 0) is 7.05 Å². The molecule has 1 N–H and O–H groups in total. The summed E-state index contributed by atoms with van der Waals surface area (Å²) < 4.78 is 37.6. The zero-order chi connectivity index (χ0) is 17.9. The first-order valence-corrected chi connectivity index (χ1v) is 7.43. The van der Waals surface area contributed by atoms with Crippen molar-refractivity contribution in [2.24, 2.45) is 7.05 Å². The molecule has 0 saturated carbocycles. The quantitative estimate of drug-likeness (QED) is 0.502. The van der Waals surface area contributed by atoms with Crippen LogP contribution in [0.25, 0.3) is 0 Å². The van der Waals surface area contributed by atoms with Gasteiger partial charge in [-0.25, -0.2) is 0 Å². The van der Waals surface area contributed by atoms with Crippen LogP contribution in [0.5, 0.6) is 0 Å². The number of amides is 1. The summed E-state index contributed by atoms with van der Waals surface area (Å²) in [6.45, 7) is 0. The molecule has 0 saturated heterocycles. The summed E-state index contributed by atoms with van der Waals surface area (Å²) in [6.07, 6.45) is -3.25. The van der Waals surface area contributed by atoms with Crippen LogP contribution in [-0.4, -0.2) is 32.5 Å².